The van der Waals surface area contributed by atoms with Crippen LogP contribution in [0.3, 0.4) is 0 Å². The molecule has 0 radical (unpaired) electrons. The Bertz CT molecular complexity index is 910. The molecule has 0 aliphatic carbocycles. The van der Waals surface area contributed by atoms with Crippen LogP contribution in [-0.2, 0) is 6.61 Å². The van der Waals surface area contributed by atoms with E-state index < -0.39 is 0 Å². The Morgan fingerprint density at radius 3 is 2.53 bits per heavy atom. The number of para-hydroxylation sites is 2. The lowest BCUT2D eigenvalue weighted by atomic mass is 10.2. The third-order valence-electron chi connectivity index (χ3n) is 4.68. The number of ether oxygens (including phenoxy) is 2. The van der Waals surface area contributed by atoms with Gasteiger partial charge in [0.25, 0.3) is 5.91 Å². The van der Waals surface area contributed by atoms with Gasteiger partial charge >= 0.3 is 0 Å². The first-order chi connectivity index (χ1) is 14.7. The summed E-state index contributed by atoms with van der Waals surface area (Å²) in [7, 11) is 0. The number of benzene rings is 2. The van der Waals surface area contributed by atoms with E-state index in [0.29, 0.717) is 36.0 Å². The highest BCUT2D eigenvalue weighted by Gasteiger charge is 2.11. The van der Waals surface area contributed by atoms with Crippen LogP contribution in [0.15, 0.2) is 59.4 Å². The van der Waals surface area contributed by atoms with Crippen molar-refractivity contribution >= 4 is 22.9 Å². The molecule has 0 bridgehead atoms. The van der Waals surface area contributed by atoms with Crippen molar-refractivity contribution in [2.75, 3.05) is 31.6 Å². The number of nitrogens with one attached hydrogen (secondary N) is 1. The lowest BCUT2D eigenvalue weighted by molar-refractivity contribution is 0.102. The van der Waals surface area contributed by atoms with Gasteiger partial charge in [-0.05, 0) is 49.5 Å². The van der Waals surface area contributed by atoms with Crippen LogP contribution in [0.25, 0.3) is 0 Å². The second-order valence-corrected chi connectivity index (χ2v) is 7.34. The van der Waals surface area contributed by atoms with Crippen LogP contribution < -0.4 is 14.8 Å². The van der Waals surface area contributed by atoms with Gasteiger partial charge in [-0.3, -0.25) is 4.79 Å². The number of likely N-dealkylation sites (N-methyl/N-ethyl adjacent to an activating group) is 1. The van der Waals surface area contributed by atoms with E-state index in [1.165, 1.54) is 11.3 Å². The van der Waals surface area contributed by atoms with Crippen LogP contribution in [0.4, 0.5) is 5.69 Å². The monoisotopic (exact) mass is 425 g/mol. The molecule has 0 aliphatic heterocycles. The number of carbonyl (C=O) groups excluding carboxylic acids is 1. The molecule has 1 N–H and O–H groups in total. The Hall–Kier alpha value is -2.90. The molecule has 0 spiro atoms. The van der Waals surface area contributed by atoms with Crippen LogP contribution >= 0.6 is 11.3 Å². The molecular formula is C23H27N3O3S. The zero-order valence-electron chi connectivity index (χ0n) is 17.3. The predicted molar refractivity (Wildman–Crippen MR) is 121 cm³/mol. The molecule has 0 unspecified atom stereocenters. The van der Waals surface area contributed by atoms with E-state index >= 15 is 0 Å². The first kappa shape index (κ1) is 21.8. The fourth-order valence-corrected chi connectivity index (χ4v) is 3.43. The molecule has 6 nitrogen and oxygen atoms in total. The molecule has 158 valence electrons. The minimum Gasteiger partial charge on any atom is -0.490 e. The summed E-state index contributed by atoms with van der Waals surface area (Å²) in [6.45, 7) is 8.06. The van der Waals surface area contributed by atoms with E-state index in [-0.39, 0.29) is 5.91 Å². The van der Waals surface area contributed by atoms with E-state index in [4.69, 9.17) is 9.47 Å². The number of hydrogen-bond acceptors (Lipinski definition) is 6. The number of anilines is 1. The zero-order valence-corrected chi connectivity index (χ0v) is 18.2. The Balaban J connectivity index is 1.56. The van der Waals surface area contributed by atoms with Crippen molar-refractivity contribution in [2.45, 2.75) is 20.5 Å². The summed E-state index contributed by atoms with van der Waals surface area (Å²) in [5, 5.41) is 4.89. The second kappa shape index (κ2) is 11.3. The number of amides is 1. The molecule has 1 amide bonds. The highest BCUT2D eigenvalue weighted by atomic mass is 32.1. The molecular weight excluding hydrogens is 398 g/mol. The summed E-state index contributed by atoms with van der Waals surface area (Å²) in [5.74, 6) is 1.17. The van der Waals surface area contributed by atoms with Gasteiger partial charge in [0.05, 0.1) is 16.9 Å². The van der Waals surface area contributed by atoms with E-state index in [1.807, 2.05) is 29.6 Å². The van der Waals surface area contributed by atoms with Crippen molar-refractivity contribution in [1.82, 2.24) is 9.88 Å². The summed E-state index contributed by atoms with van der Waals surface area (Å²) in [6, 6.07) is 14.6. The Kier molecular flexibility index (Phi) is 8.23. The first-order valence-corrected chi connectivity index (χ1v) is 11.0. The quantitative estimate of drug-likeness (QED) is 0.483. The van der Waals surface area contributed by atoms with Gasteiger partial charge in [0.2, 0.25) is 0 Å². The summed E-state index contributed by atoms with van der Waals surface area (Å²) < 4.78 is 11.6. The zero-order chi connectivity index (χ0) is 21.2. The molecule has 1 heterocycles. The number of hydrogen-bond donors (Lipinski definition) is 1. The number of aromatic nitrogens is 1. The molecule has 1 aromatic heterocycles. The van der Waals surface area contributed by atoms with Gasteiger partial charge in [0.1, 0.15) is 24.7 Å². The fourth-order valence-electron chi connectivity index (χ4n) is 2.88. The summed E-state index contributed by atoms with van der Waals surface area (Å²) in [5.41, 5.74) is 3.87. The molecule has 30 heavy (non-hydrogen) atoms. The average molecular weight is 426 g/mol. The fraction of sp³-hybridized carbons (Fsp3) is 0.304. The topological polar surface area (TPSA) is 63.7 Å². The van der Waals surface area contributed by atoms with Crippen LogP contribution in [0, 0.1) is 0 Å². The minimum atomic E-state index is -0.194. The third kappa shape index (κ3) is 6.30. The lowest BCUT2D eigenvalue weighted by Gasteiger charge is -2.19. The van der Waals surface area contributed by atoms with Crippen LogP contribution in [0.1, 0.15) is 29.9 Å². The van der Waals surface area contributed by atoms with Crippen LogP contribution in [0.2, 0.25) is 0 Å². The van der Waals surface area contributed by atoms with Gasteiger partial charge in [0.15, 0.2) is 0 Å². The third-order valence-corrected chi connectivity index (χ3v) is 5.32. The number of rotatable bonds is 11. The van der Waals surface area contributed by atoms with Gasteiger partial charge in [0, 0.05) is 17.5 Å². The molecule has 3 rings (SSSR count). The number of carbonyl (C=O) groups is 1. The SMILES string of the molecule is CCN(CC)CCOc1ccccc1NC(=O)c1ccc(OCc2cscn2)cc1. The Morgan fingerprint density at radius 2 is 1.83 bits per heavy atom. The lowest BCUT2D eigenvalue weighted by Crippen LogP contribution is -2.28. The van der Waals surface area contributed by atoms with Crippen molar-refractivity contribution in [3.05, 3.63) is 70.7 Å². The van der Waals surface area contributed by atoms with E-state index in [1.54, 1.807) is 29.8 Å². The summed E-state index contributed by atoms with van der Waals surface area (Å²) >= 11 is 1.53. The molecule has 0 saturated heterocycles. The van der Waals surface area contributed by atoms with Crippen LogP contribution in [0.5, 0.6) is 11.5 Å². The Labute approximate surface area is 181 Å². The smallest absolute Gasteiger partial charge is 0.255 e. The standard InChI is InChI=1S/C23H27N3O3S/c1-3-26(4-2)13-14-28-22-8-6-5-7-21(22)25-23(27)18-9-11-20(12-10-18)29-15-19-16-30-17-24-19/h5-12,16-17H,3-4,13-15H2,1-2H3,(H,25,27). The molecule has 0 saturated carbocycles. The Morgan fingerprint density at radius 1 is 1.07 bits per heavy atom. The van der Waals surface area contributed by atoms with Gasteiger partial charge < -0.3 is 19.7 Å². The molecule has 0 atom stereocenters. The van der Waals surface area contributed by atoms with Gasteiger partial charge in [-0.25, -0.2) is 4.98 Å². The largest absolute Gasteiger partial charge is 0.490 e. The maximum absolute atomic E-state index is 12.7. The minimum absolute atomic E-state index is 0.194. The first-order valence-electron chi connectivity index (χ1n) is 10.0. The maximum atomic E-state index is 12.7. The van der Waals surface area contributed by atoms with Crippen molar-refractivity contribution in [3.8, 4) is 11.5 Å². The van der Waals surface area contributed by atoms with Gasteiger partial charge in [-0.1, -0.05) is 26.0 Å². The molecule has 0 fully saturated rings. The van der Waals surface area contributed by atoms with Crippen molar-refractivity contribution in [1.29, 1.82) is 0 Å². The van der Waals surface area contributed by atoms with Gasteiger partial charge in [-0.2, -0.15) is 0 Å². The average Bonchev–Trinajstić information content (AvgIpc) is 3.30. The highest BCUT2D eigenvalue weighted by molar-refractivity contribution is 7.07. The summed E-state index contributed by atoms with van der Waals surface area (Å²) in [4.78, 5) is 19.2. The highest BCUT2D eigenvalue weighted by Crippen LogP contribution is 2.25. The van der Waals surface area contributed by atoms with Gasteiger partial charge in [-0.15, -0.1) is 11.3 Å². The van der Waals surface area contributed by atoms with Crippen molar-refractivity contribution in [2.24, 2.45) is 0 Å². The maximum Gasteiger partial charge on any atom is 0.255 e. The van der Waals surface area contributed by atoms with E-state index in [9.17, 15) is 4.79 Å². The number of thiazole rings is 1. The number of nitrogens with zero attached hydrogens (tertiary/aromatic N) is 2. The van der Waals surface area contributed by atoms with Crippen LogP contribution in [-0.4, -0.2) is 42.0 Å². The van der Waals surface area contributed by atoms with Crippen molar-refractivity contribution < 1.29 is 14.3 Å². The van der Waals surface area contributed by atoms with E-state index in [0.717, 1.165) is 25.3 Å². The summed E-state index contributed by atoms with van der Waals surface area (Å²) in [6.07, 6.45) is 0. The predicted octanol–water partition coefficient (Wildman–Crippen LogP) is 4.70. The normalized spacial score (nSPS) is 10.8. The van der Waals surface area contributed by atoms with E-state index in [2.05, 4.69) is 29.0 Å². The molecule has 2 aromatic carbocycles. The van der Waals surface area contributed by atoms with Crippen molar-refractivity contribution in [3.63, 3.8) is 0 Å². The molecule has 3 aromatic rings. The molecule has 7 heteroatoms. The molecule has 0 aliphatic rings. The second-order valence-electron chi connectivity index (χ2n) is 6.62.